The molecule has 3 saturated carbocycles. The second kappa shape index (κ2) is 5.03. The normalized spacial score (nSPS) is 36.4. The van der Waals surface area contributed by atoms with Crippen LogP contribution in [-0.2, 0) is 4.79 Å². The van der Waals surface area contributed by atoms with E-state index >= 15 is 0 Å². The zero-order valence-corrected chi connectivity index (χ0v) is 16.6. The van der Waals surface area contributed by atoms with Crippen LogP contribution in [0, 0.1) is 16.2 Å². The molecule has 6 heteroatoms. The number of rotatable bonds is 3. The lowest BCUT2D eigenvalue weighted by Gasteiger charge is -2.66. The van der Waals surface area contributed by atoms with Crippen molar-refractivity contribution in [2.45, 2.75) is 35.3 Å². The predicted molar refractivity (Wildman–Crippen MR) is 95.1 cm³/mol. The average molecular weight is 481 g/mol. The van der Waals surface area contributed by atoms with Gasteiger partial charge in [-0.2, -0.15) is 0 Å². The summed E-state index contributed by atoms with van der Waals surface area (Å²) in [5.41, 5.74) is 0.417. The van der Waals surface area contributed by atoms with Gasteiger partial charge < -0.3 is 5.32 Å². The van der Waals surface area contributed by atoms with E-state index in [4.69, 9.17) is 0 Å². The maximum Gasteiger partial charge on any atom is 0.232 e. The van der Waals surface area contributed by atoms with Gasteiger partial charge in [-0.1, -0.05) is 61.6 Å². The van der Waals surface area contributed by atoms with Crippen molar-refractivity contribution in [1.82, 2.24) is 4.98 Å². The Morgan fingerprint density at radius 1 is 1.33 bits per heavy atom. The molecular formula is C15H17Br3N2O. The van der Waals surface area contributed by atoms with Gasteiger partial charge in [0.2, 0.25) is 5.91 Å². The Bertz CT molecular complexity index is 578. The van der Waals surface area contributed by atoms with E-state index in [9.17, 15) is 4.79 Å². The molecule has 0 spiro atoms. The number of nitrogens with one attached hydrogen (secondary N) is 1. The molecule has 1 amide bonds. The zero-order chi connectivity index (χ0) is 15.5. The Labute approximate surface area is 150 Å². The number of halogens is 3. The van der Waals surface area contributed by atoms with Crippen LogP contribution in [-0.4, -0.2) is 19.5 Å². The van der Waals surface area contributed by atoms with E-state index in [1.165, 1.54) is 0 Å². The van der Waals surface area contributed by atoms with Crippen LogP contribution in [0.2, 0.25) is 0 Å². The second-order valence-electron chi connectivity index (χ2n) is 6.49. The summed E-state index contributed by atoms with van der Waals surface area (Å²) in [7, 11) is 0. The van der Waals surface area contributed by atoms with E-state index in [0.29, 0.717) is 0 Å². The SMILES string of the molecule is CC1(C)C2(C(=O)Nc3ccncc3)CCC1(C(Br)Br)C2Br. The maximum atomic E-state index is 13.0. The van der Waals surface area contributed by atoms with E-state index in [-0.39, 0.29) is 30.7 Å². The number of nitrogens with zero attached hydrogens (tertiary/aromatic N) is 1. The number of fused-ring (bicyclic) bond motifs is 1. The van der Waals surface area contributed by atoms with Gasteiger partial charge in [0.25, 0.3) is 0 Å². The Kier molecular flexibility index (Phi) is 3.82. The topological polar surface area (TPSA) is 42.0 Å². The van der Waals surface area contributed by atoms with Crippen molar-refractivity contribution in [2.75, 3.05) is 5.32 Å². The molecule has 1 aromatic heterocycles. The highest BCUT2D eigenvalue weighted by atomic mass is 79.9. The molecule has 3 unspecified atom stereocenters. The van der Waals surface area contributed by atoms with Crippen LogP contribution in [0.3, 0.4) is 0 Å². The largest absolute Gasteiger partial charge is 0.325 e. The molecule has 114 valence electrons. The number of amides is 1. The summed E-state index contributed by atoms with van der Waals surface area (Å²) in [6, 6.07) is 3.65. The lowest BCUT2D eigenvalue weighted by atomic mass is 9.43. The van der Waals surface area contributed by atoms with Gasteiger partial charge in [-0.05, 0) is 30.4 Å². The Morgan fingerprint density at radius 3 is 2.43 bits per heavy atom. The van der Waals surface area contributed by atoms with Crippen molar-refractivity contribution in [3.63, 3.8) is 0 Å². The third kappa shape index (κ3) is 1.75. The molecule has 1 aromatic rings. The third-order valence-corrected chi connectivity index (χ3v) is 9.06. The molecule has 2 bridgehead atoms. The van der Waals surface area contributed by atoms with Gasteiger partial charge >= 0.3 is 0 Å². The van der Waals surface area contributed by atoms with Gasteiger partial charge in [0, 0.05) is 28.3 Å². The highest BCUT2D eigenvalue weighted by Crippen LogP contribution is 2.82. The number of pyridine rings is 1. The van der Waals surface area contributed by atoms with Crippen molar-refractivity contribution < 1.29 is 4.79 Å². The van der Waals surface area contributed by atoms with E-state index in [1.54, 1.807) is 12.4 Å². The van der Waals surface area contributed by atoms with Crippen molar-refractivity contribution in [2.24, 2.45) is 16.2 Å². The number of hydrogen-bond acceptors (Lipinski definition) is 2. The smallest absolute Gasteiger partial charge is 0.232 e. The maximum absolute atomic E-state index is 13.0. The van der Waals surface area contributed by atoms with Crippen LogP contribution >= 0.6 is 47.8 Å². The molecule has 0 aliphatic heterocycles. The van der Waals surface area contributed by atoms with Gasteiger partial charge in [0.1, 0.15) is 0 Å². The van der Waals surface area contributed by atoms with E-state index in [1.807, 2.05) is 12.1 Å². The van der Waals surface area contributed by atoms with Gasteiger partial charge in [-0.15, -0.1) is 0 Å². The Hall–Kier alpha value is 0.0600. The standard InChI is InChI=1S/C15H17Br3N2O/c1-13(2)14(11(17)18)5-6-15(13,10(14)16)12(21)20-9-3-7-19-8-4-9/h3-4,7-8,10-11H,5-6H2,1-2H3,(H,19,20,21). The first kappa shape index (κ1) is 15.9. The van der Waals surface area contributed by atoms with Crippen LogP contribution in [0.4, 0.5) is 5.69 Å². The van der Waals surface area contributed by atoms with E-state index < -0.39 is 0 Å². The van der Waals surface area contributed by atoms with Crippen LogP contribution in [0.5, 0.6) is 0 Å². The second-order valence-corrected chi connectivity index (χ2v) is 10.5. The van der Waals surface area contributed by atoms with Gasteiger partial charge in [0.15, 0.2) is 0 Å². The lowest BCUT2D eigenvalue weighted by Crippen LogP contribution is -2.71. The zero-order valence-electron chi connectivity index (χ0n) is 11.9. The number of alkyl halides is 3. The van der Waals surface area contributed by atoms with Crippen LogP contribution < -0.4 is 5.32 Å². The predicted octanol–water partition coefficient (Wildman–Crippen LogP) is 4.71. The summed E-state index contributed by atoms with van der Waals surface area (Å²) in [4.78, 5) is 17.1. The summed E-state index contributed by atoms with van der Waals surface area (Å²) in [5.74, 6) is 0.106. The summed E-state index contributed by atoms with van der Waals surface area (Å²) in [5, 5.41) is 3.06. The highest BCUT2D eigenvalue weighted by molar-refractivity contribution is 9.24. The number of hydrogen-bond donors (Lipinski definition) is 1. The molecule has 1 heterocycles. The molecule has 0 aromatic carbocycles. The third-order valence-electron chi connectivity index (χ3n) is 5.83. The van der Waals surface area contributed by atoms with Gasteiger partial charge in [0.05, 0.1) is 9.15 Å². The minimum atomic E-state index is -0.365. The molecule has 3 atom stereocenters. The number of aromatic nitrogens is 1. The Morgan fingerprint density at radius 2 is 1.95 bits per heavy atom. The number of carbonyl (C=O) groups excluding carboxylic acids is 1. The molecule has 0 radical (unpaired) electrons. The first-order valence-corrected chi connectivity index (χ1v) is 9.69. The van der Waals surface area contributed by atoms with E-state index in [0.717, 1.165) is 18.5 Å². The van der Waals surface area contributed by atoms with Crippen LogP contribution in [0.25, 0.3) is 0 Å². The summed E-state index contributed by atoms with van der Waals surface area (Å²) < 4.78 is 0.196. The fourth-order valence-electron chi connectivity index (χ4n) is 4.38. The molecular weight excluding hydrogens is 464 g/mol. The highest BCUT2D eigenvalue weighted by Gasteiger charge is 2.83. The lowest BCUT2D eigenvalue weighted by molar-refractivity contribution is -0.155. The molecule has 0 saturated heterocycles. The van der Waals surface area contributed by atoms with Gasteiger partial charge in [-0.25, -0.2) is 0 Å². The summed E-state index contributed by atoms with van der Waals surface area (Å²) in [6.07, 6.45) is 5.31. The van der Waals surface area contributed by atoms with Crippen molar-refractivity contribution in [1.29, 1.82) is 0 Å². The molecule has 21 heavy (non-hydrogen) atoms. The summed E-state index contributed by atoms with van der Waals surface area (Å²) in [6.45, 7) is 4.42. The minimum absolute atomic E-state index is 0.0581. The first-order valence-electron chi connectivity index (χ1n) is 6.94. The first-order chi connectivity index (χ1) is 9.80. The number of carbonyl (C=O) groups is 1. The average Bonchev–Trinajstić information content (AvgIpc) is 2.89. The molecule has 3 aliphatic carbocycles. The summed E-state index contributed by atoms with van der Waals surface area (Å²) >= 11 is 11.2. The van der Waals surface area contributed by atoms with Crippen LogP contribution in [0.15, 0.2) is 24.5 Å². The van der Waals surface area contributed by atoms with Crippen molar-refractivity contribution >= 4 is 59.4 Å². The monoisotopic (exact) mass is 478 g/mol. The minimum Gasteiger partial charge on any atom is -0.325 e. The molecule has 3 aliphatic rings. The number of anilines is 1. The molecule has 3 nitrogen and oxygen atoms in total. The van der Waals surface area contributed by atoms with E-state index in [2.05, 4.69) is 71.9 Å². The molecule has 1 N–H and O–H groups in total. The van der Waals surface area contributed by atoms with Crippen molar-refractivity contribution in [3.8, 4) is 0 Å². The van der Waals surface area contributed by atoms with Crippen LogP contribution in [0.1, 0.15) is 26.7 Å². The molecule has 3 fully saturated rings. The van der Waals surface area contributed by atoms with Crippen molar-refractivity contribution in [3.05, 3.63) is 24.5 Å². The quantitative estimate of drug-likeness (QED) is 0.637. The fourth-order valence-corrected chi connectivity index (χ4v) is 9.29. The Balaban J connectivity index is 1.91. The van der Waals surface area contributed by atoms with Gasteiger partial charge in [-0.3, -0.25) is 9.78 Å². The molecule has 4 rings (SSSR count). The fraction of sp³-hybridized carbons (Fsp3) is 0.600.